The largest absolute Gasteiger partial charge is 0.473 e. The van der Waals surface area contributed by atoms with Crippen molar-refractivity contribution in [2.75, 3.05) is 37.8 Å². The van der Waals surface area contributed by atoms with Crippen molar-refractivity contribution >= 4 is 41.0 Å². The minimum atomic E-state index is -1.82. The van der Waals surface area contributed by atoms with Gasteiger partial charge in [-0.3, -0.25) is 9.69 Å². The van der Waals surface area contributed by atoms with E-state index in [2.05, 4.69) is 5.32 Å². The Morgan fingerprint density at radius 3 is 1.93 bits per heavy atom. The van der Waals surface area contributed by atoms with Gasteiger partial charge in [-0.05, 0) is 24.3 Å². The van der Waals surface area contributed by atoms with Crippen LogP contribution in [0, 0.1) is 0 Å². The quantitative estimate of drug-likeness (QED) is 0.378. The van der Waals surface area contributed by atoms with Gasteiger partial charge in [-0.15, -0.1) is 0 Å². The summed E-state index contributed by atoms with van der Waals surface area (Å²) in [6.07, 6.45) is 0. The summed E-state index contributed by atoms with van der Waals surface area (Å²) in [6.45, 7) is 1.60. The van der Waals surface area contributed by atoms with Crippen molar-refractivity contribution in [3.8, 4) is 0 Å². The first-order chi connectivity index (χ1) is 14.5. The van der Waals surface area contributed by atoms with Gasteiger partial charge in [0.1, 0.15) is 0 Å². The normalized spacial score (nSPS) is 11.6. The standard InChI is InChI=1S/C18H20N2O3S.C2H2O4/c21-10-12-23-11-9-19-13-18(22)20-14-5-1-3-7-16(14)24-17-8-4-2-6-15(17)20;3-1(4)2(5)6/h1-8,19,21H,9-13H2;(H,3,4)(H,5,6). The summed E-state index contributed by atoms with van der Waals surface area (Å²) in [6, 6.07) is 15.9. The number of carbonyl (C=O) groups excluding carboxylic acids is 1. The number of aliphatic hydroxyl groups excluding tert-OH is 1. The van der Waals surface area contributed by atoms with Gasteiger partial charge in [0.2, 0.25) is 5.91 Å². The first-order valence-corrected chi connectivity index (χ1v) is 9.81. The molecule has 0 atom stereocenters. The molecule has 3 rings (SSSR count). The van der Waals surface area contributed by atoms with Crippen molar-refractivity contribution in [2.24, 2.45) is 0 Å². The third-order valence-electron chi connectivity index (χ3n) is 3.80. The maximum atomic E-state index is 12.8. The van der Waals surface area contributed by atoms with Crippen LogP contribution < -0.4 is 10.2 Å². The fourth-order valence-electron chi connectivity index (χ4n) is 2.56. The maximum absolute atomic E-state index is 12.8. The van der Waals surface area contributed by atoms with E-state index in [1.165, 1.54) is 0 Å². The lowest BCUT2D eigenvalue weighted by molar-refractivity contribution is -0.159. The van der Waals surface area contributed by atoms with E-state index in [1.54, 1.807) is 16.7 Å². The molecule has 30 heavy (non-hydrogen) atoms. The maximum Gasteiger partial charge on any atom is 0.414 e. The molecular formula is C20H22N2O7S. The van der Waals surface area contributed by atoms with Crippen LogP contribution in [0.4, 0.5) is 11.4 Å². The van der Waals surface area contributed by atoms with Crippen molar-refractivity contribution < 1.29 is 34.4 Å². The highest BCUT2D eigenvalue weighted by atomic mass is 32.2. The highest BCUT2D eigenvalue weighted by molar-refractivity contribution is 7.99. The van der Waals surface area contributed by atoms with Gasteiger partial charge < -0.3 is 25.4 Å². The van der Waals surface area contributed by atoms with E-state index in [1.807, 2.05) is 48.5 Å². The minimum Gasteiger partial charge on any atom is -0.473 e. The number of ether oxygens (including phenoxy) is 1. The van der Waals surface area contributed by atoms with E-state index in [9.17, 15) is 4.79 Å². The first kappa shape index (κ1) is 23.4. The topological polar surface area (TPSA) is 136 Å². The van der Waals surface area contributed by atoms with E-state index in [-0.39, 0.29) is 19.1 Å². The van der Waals surface area contributed by atoms with Crippen molar-refractivity contribution in [1.82, 2.24) is 5.32 Å². The van der Waals surface area contributed by atoms with Crippen LogP contribution in [0.5, 0.6) is 0 Å². The molecule has 0 unspecified atom stereocenters. The molecule has 0 radical (unpaired) electrons. The summed E-state index contributed by atoms with van der Waals surface area (Å²) in [5.41, 5.74) is 1.84. The van der Waals surface area contributed by atoms with Crippen molar-refractivity contribution in [1.29, 1.82) is 0 Å². The zero-order valence-electron chi connectivity index (χ0n) is 16.0. The molecule has 9 nitrogen and oxygen atoms in total. The summed E-state index contributed by atoms with van der Waals surface area (Å²) in [5.74, 6) is -3.65. The number of nitrogens with one attached hydrogen (secondary N) is 1. The average molecular weight is 434 g/mol. The number of carboxylic acids is 2. The van der Waals surface area contributed by atoms with Crippen LogP contribution in [-0.2, 0) is 19.1 Å². The van der Waals surface area contributed by atoms with Crippen LogP contribution in [0.1, 0.15) is 0 Å². The minimum absolute atomic E-state index is 0.00245. The fraction of sp³-hybridized carbons (Fsp3) is 0.250. The molecule has 0 fully saturated rings. The van der Waals surface area contributed by atoms with Gasteiger partial charge in [0, 0.05) is 16.3 Å². The number of carbonyl (C=O) groups is 3. The number of nitrogens with zero attached hydrogens (tertiary/aromatic N) is 1. The lowest BCUT2D eigenvalue weighted by Crippen LogP contribution is -2.37. The molecular weight excluding hydrogens is 412 g/mol. The number of para-hydroxylation sites is 2. The van der Waals surface area contributed by atoms with Crippen molar-refractivity contribution in [3.63, 3.8) is 0 Å². The number of carboxylic acid groups (broad SMARTS) is 2. The predicted octanol–water partition coefficient (Wildman–Crippen LogP) is 1.57. The van der Waals surface area contributed by atoms with Gasteiger partial charge in [0.05, 0.1) is 37.7 Å². The van der Waals surface area contributed by atoms with E-state index in [4.69, 9.17) is 29.6 Å². The molecule has 4 N–H and O–H groups in total. The second-order valence-corrected chi connectivity index (χ2v) is 6.97. The van der Waals surface area contributed by atoms with Crippen LogP contribution in [0.2, 0.25) is 0 Å². The molecule has 0 aliphatic carbocycles. The lowest BCUT2D eigenvalue weighted by atomic mass is 10.2. The van der Waals surface area contributed by atoms with E-state index >= 15 is 0 Å². The lowest BCUT2D eigenvalue weighted by Gasteiger charge is -2.31. The number of anilines is 2. The van der Waals surface area contributed by atoms with Crippen LogP contribution >= 0.6 is 11.8 Å². The molecule has 0 saturated heterocycles. The van der Waals surface area contributed by atoms with Gasteiger partial charge in [-0.1, -0.05) is 36.0 Å². The number of rotatable bonds is 7. The van der Waals surface area contributed by atoms with Gasteiger partial charge in [-0.25, -0.2) is 9.59 Å². The van der Waals surface area contributed by atoms with Gasteiger partial charge in [-0.2, -0.15) is 0 Å². The van der Waals surface area contributed by atoms with Crippen LogP contribution in [0.3, 0.4) is 0 Å². The smallest absolute Gasteiger partial charge is 0.414 e. The molecule has 2 aromatic carbocycles. The summed E-state index contributed by atoms with van der Waals surface area (Å²) in [7, 11) is 0. The highest BCUT2D eigenvalue weighted by Gasteiger charge is 2.27. The molecule has 0 aromatic heterocycles. The Kier molecular flexibility index (Phi) is 9.29. The third-order valence-corrected chi connectivity index (χ3v) is 4.93. The zero-order valence-corrected chi connectivity index (χ0v) is 16.8. The van der Waals surface area contributed by atoms with Gasteiger partial charge in [0.15, 0.2) is 0 Å². The number of hydrogen-bond acceptors (Lipinski definition) is 7. The molecule has 1 heterocycles. The number of benzene rings is 2. The third kappa shape index (κ3) is 6.56. The summed E-state index contributed by atoms with van der Waals surface area (Å²) in [5, 5.41) is 26.5. The number of fused-ring (bicyclic) bond motifs is 2. The number of aliphatic hydroxyl groups is 1. The average Bonchev–Trinajstić information content (AvgIpc) is 2.74. The highest BCUT2D eigenvalue weighted by Crippen LogP contribution is 2.47. The molecule has 0 bridgehead atoms. The van der Waals surface area contributed by atoms with Crippen molar-refractivity contribution in [3.05, 3.63) is 48.5 Å². The van der Waals surface area contributed by atoms with E-state index in [0.717, 1.165) is 21.2 Å². The number of aliphatic carboxylic acids is 2. The first-order valence-electron chi connectivity index (χ1n) is 9.00. The fourth-order valence-corrected chi connectivity index (χ4v) is 3.62. The number of amides is 1. The van der Waals surface area contributed by atoms with E-state index < -0.39 is 11.9 Å². The van der Waals surface area contributed by atoms with Gasteiger partial charge in [0.25, 0.3) is 0 Å². The Bertz CT molecular complexity index is 833. The molecule has 1 aliphatic heterocycles. The van der Waals surface area contributed by atoms with E-state index in [0.29, 0.717) is 19.8 Å². The Hall–Kier alpha value is -2.92. The molecule has 10 heteroatoms. The molecule has 1 amide bonds. The Morgan fingerprint density at radius 2 is 1.43 bits per heavy atom. The SMILES string of the molecule is O=C(CNCCOCCO)N1c2ccccc2Sc2ccccc21.O=C(O)C(=O)O. The Labute approximate surface area is 177 Å². The van der Waals surface area contributed by atoms with Crippen LogP contribution in [0.25, 0.3) is 0 Å². The molecule has 160 valence electrons. The number of hydrogen-bond donors (Lipinski definition) is 4. The summed E-state index contributed by atoms with van der Waals surface area (Å²) >= 11 is 1.68. The van der Waals surface area contributed by atoms with Crippen LogP contribution in [-0.4, -0.2) is 66.1 Å². The monoisotopic (exact) mass is 434 g/mol. The summed E-state index contributed by atoms with van der Waals surface area (Å²) in [4.78, 5) is 34.9. The zero-order chi connectivity index (χ0) is 21.9. The predicted molar refractivity (Wildman–Crippen MR) is 110 cm³/mol. The summed E-state index contributed by atoms with van der Waals surface area (Å²) < 4.78 is 5.18. The van der Waals surface area contributed by atoms with Crippen molar-refractivity contribution in [2.45, 2.75) is 9.79 Å². The van der Waals surface area contributed by atoms with Gasteiger partial charge >= 0.3 is 11.9 Å². The van der Waals surface area contributed by atoms with Crippen LogP contribution in [0.15, 0.2) is 58.3 Å². The molecule has 2 aromatic rings. The molecule has 1 aliphatic rings. The second kappa shape index (κ2) is 11.9. The Morgan fingerprint density at radius 1 is 0.900 bits per heavy atom. The second-order valence-electron chi connectivity index (χ2n) is 5.89. The molecule has 0 saturated carbocycles. The molecule has 0 spiro atoms. The Balaban J connectivity index is 0.000000469.